The second kappa shape index (κ2) is 5.66. The Hall–Kier alpha value is -1.84. The molecule has 1 aromatic rings. The van der Waals surface area contributed by atoms with Gasteiger partial charge in [0, 0.05) is 5.71 Å². The lowest BCUT2D eigenvalue weighted by molar-refractivity contribution is 0.0951. The number of phenolic OH excluding ortho intramolecular Hbond substituents is 1. The maximum absolute atomic E-state index is 12.2. The van der Waals surface area contributed by atoms with Crippen LogP contribution in [-0.4, -0.2) is 16.7 Å². The molecule has 122 valence electrons. The minimum absolute atomic E-state index is 0.00457. The molecule has 3 aliphatic carbocycles. The summed E-state index contributed by atoms with van der Waals surface area (Å²) in [6.07, 6.45) is 6.48. The summed E-state index contributed by atoms with van der Waals surface area (Å²) in [7, 11) is 0. The van der Waals surface area contributed by atoms with Crippen molar-refractivity contribution in [2.75, 3.05) is 0 Å². The van der Waals surface area contributed by atoms with Crippen molar-refractivity contribution in [2.24, 2.45) is 34.7 Å². The van der Waals surface area contributed by atoms with E-state index in [-0.39, 0.29) is 17.2 Å². The summed E-state index contributed by atoms with van der Waals surface area (Å²) >= 11 is 0. The van der Waals surface area contributed by atoms with Crippen LogP contribution in [-0.2, 0) is 0 Å². The van der Waals surface area contributed by atoms with Gasteiger partial charge in [0.1, 0.15) is 5.75 Å². The number of nitrogens with zero attached hydrogens (tertiary/aromatic N) is 1. The highest BCUT2D eigenvalue weighted by Gasteiger charge is 2.50. The van der Waals surface area contributed by atoms with Crippen LogP contribution in [0.2, 0.25) is 0 Å². The number of nitrogens with one attached hydrogen (secondary N) is 1. The van der Waals surface area contributed by atoms with Crippen molar-refractivity contribution < 1.29 is 9.90 Å². The van der Waals surface area contributed by atoms with E-state index < -0.39 is 0 Å². The maximum atomic E-state index is 12.2. The third-order valence-electron chi connectivity index (χ3n) is 6.36. The SMILES string of the molecule is C[C@@H]1C[C@@H]2[C@@H]3CC[C@H](C3)[C@@H]2C/C1=N\NC(=O)c1ccccc1O. The predicted molar refractivity (Wildman–Crippen MR) is 89.2 cm³/mol. The van der Waals surface area contributed by atoms with Gasteiger partial charge >= 0.3 is 0 Å². The Morgan fingerprint density at radius 1 is 1.17 bits per heavy atom. The van der Waals surface area contributed by atoms with Gasteiger partial charge in [0.15, 0.2) is 0 Å². The average molecular weight is 312 g/mol. The van der Waals surface area contributed by atoms with Gasteiger partial charge in [0.2, 0.25) is 0 Å². The lowest BCUT2D eigenvalue weighted by Gasteiger charge is -2.38. The van der Waals surface area contributed by atoms with Crippen LogP contribution in [0.5, 0.6) is 5.75 Å². The van der Waals surface area contributed by atoms with Crippen LogP contribution >= 0.6 is 0 Å². The maximum Gasteiger partial charge on any atom is 0.275 e. The Morgan fingerprint density at radius 2 is 1.91 bits per heavy atom. The van der Waals surface area contributed by atoms with Crippen molar-refractivity contribution in [3.8, 4) is 5.75 Å². The van der Waals surface area contributed by atoms with Gasteiger partial charge in [-0.15, -0.1) is 0 Å². The van der Waals surface area contributed by atoms with Gasteiger partial charge in [0.05, 0.1) is 5.56 Å². The molecule has 0 aromatic heterocycles. The molecule has 2 bridgehead atoms. The van der Waals surface area contributed by atoms with E-state index in [2.05, 4.69) is 17.5 Å². The molecule has 3 fully saturated rings. The van der Waals surface area contributed by atoms with E-state index >= 15 is 0 Å². The highest BCUT2D eigenvalue weighted by Crippen LogP contribution is 2.57. The Kier molecular flexibility index (Phi) is 3.63. The Balaban J connectivity index is 1.46. The molecule has 23 heavy (non-hydrogen) atoms. The zero-order valence-corrected chi connectivity index (χ0v) is 13.5. The molecule has 0 heterocycles. The first-order chi connectivity index (χ1) is 11.1. The summed E-state index contributed by atoms with van der Waals surface area (Å²) in [5.74, 6) is 3.61. The molecule has 5 atom stereocenters. The van der Waals surface area contributed by atoms with Crippen molar-refractivity contribution in [3.05, 3.63) is 29.8 Å². The molecular formula is C19H24N2O2. The molecule has 1 aromatic carbocycles. The number of para-hydroxylation sites is 1. The molecule has 4 heteroatoms. The van der Waals surface area contributed by atoms with Crippen LogP contribution in [0.15, 0.2) is 29.4 Å². The summed E-state index contributed by atoms with van der Waals surface area (Å²) in [5, 5.41) is 14.2. The van der Waals surface area contributed by atoms with Gasteiger partial charge in [-0.1, -0.05) is 19.1 Å². The molecule has 3 aliphatic rings. The number of aromatic hydroxyl groups is 1. The Morgan fingerprint density at radius 3 is 2.70 bits per heavy atom. The first-order valence-electron chi connectivity index (χ1n) is 8.78. The fourth-order valence-corrected chi connectivity index (χ4v) is 5.21. The number of fused-ring (bicyclic) bond motifs is 5. The van der Waals surface area contributed by atoms with Gasteiger partial charge in [0.25, 0.3) is 5.91 Å². The lowest BCUT2D eigenvalue weighted by atomic mass is 9.67. The number of hydrogen-bond donors (Lipinski definition) is 2. The quantitative estimate of drug-likeness (QED) is 0.820. The number of amides is 1. The molecule has 3 saturated carbocycles. The van der Waals surface area contributed by atoms with E-state index in [0.29, 0.717) is 5.92 Å². The van der Waals surface area contributed by atoms with Gasteiger partial charge in [-0.25, -0.2) is 5.43 Å². The topological polar surface area (TPSA) is 61.7 Å². The minimum atomic E-state index is -0.335. The zero-order valence-electron chi connectivity index (χ0n) is 13.5. The molecule has 0 saturated heterocycles. The average Bonchev–Trinajstić information content (AvgIpc) is 3.14. The third-order valence-corrected chi connectivity index (χ3v) is 6.36. The van der Waals surface area contributed by atoms with E-state index in [0.717, 1.165) is 35.8 Å². The number of carbonyl (C=O) groups excluding carboxylic acids is 1. The fraction of sp³-hybridized carbons (Fsp3) is 0.579. The van der Waals surface area contributed by atoms with Gasteiger partial charge < -0.3 is 5.11 Å². The summed E-state index contributed by atoms with van der Waals surface area (Å²) in [4.78, 5) is 12.2. The van der Waals surface area contributed by atoms with Crippen molar-refractivity contribution in [1.29, 1.82) is 0 Å². The van der Waals surface area contributed by atoms with Gasteiger partial charge in [-0.3, -0.25) is 4.79 Å². The van der Waals surface area contributed by atoms with Crippen molar-refractivity contribution in [2.45, 2.75) is 39.0 Å². The number of hydrazone groups is 1. The summed E-state index contributed by atoms with van der Waals surface area (Å²) in [5.41, 5.74) is 4.06. The van der Waals surface area contributed by atoms with Crippen LogP contribution in [0.3, 0.4) is 0 Å². The summed E-state index contributed by atoms with van der Waals surface area (Å²) in [6, 6.07) is 6.58. The highest BCUT2D eigenvalue weighted by atomic mass is 16.3. The first-order valence-corrected chi connectivity index (χ1v) is 8.78. The normalized spacial score (nSPS) is 36.9. The summed E-state index contributed by atoms with van der Waals surface area (Å²) < 4.78 is 0. The zero-order chi connectivity index (χ0) is 16.0. The molecule has 2 N–H and O–H groups in total. The van der Waals surface area contributed by atoms with E-state index in [1.165, 1.54) is 31.7 Å². The van der Waals surface area contributed by atoms with Crippen LogP contribution in [0, 0.1) is 29.6 Å². The molecule has 4 nitrogen and oxygen atoms in total. The first kappa shape index (κ1) is 14.7. The minimum Gasteiger partial charge on any atom is -0.507 e. The predicted octanol–water partition coefficient (Wildman–Crippen LogP) is 3.57. The molecule has 0 spiro atoms. The smallest absolute Gasteiger partial charge is 0.275 e. The molecule has 0 radical (unpaired) electrons. The molecule has 0 aliphatic heterocycles. The van der Waals surface area contributed by atoms with Crippen molar-refractivity contribution in [1.82, 2.24) is 5.43 Å². The van der Waals surface area contributed by atoms with E-state index in [4.69, 9.17) is 0 Å². The Bertz CT molecular complexity index is 655. The monoisotopic (exact) mass is 312 g/mol. The molecular weight excluding hydrogens is 288 g/mol. The number of hydrogen-bond acceptors (Lipinski definition) is 3. The van der Waals surface area contributed by atoms with Gasteiger partial charge in [-0.05, 0) is 73.8 Å². The fourth-order valence-electron chi connectivity index (χ4n) is 5.21. The van der Waals surface area contributed by atoms with Crippen LogP contribution in [0.4, 0.5) is 0 Å². The highest BCUT2D eigenvalue weighted by molar-refractivity contribution is 5.98. The van der Waals surface area contributed by atoms with E-state index in [1.54, 1.807) is 18.2 Å². The molecule has 1 amide bonds. The summed E-state index contributed by atoms with van der Waals surface area (Å²) in [6.45, 7) is 2.23. The van der Waals surface area contributed by atoms with Crippen molar-refractivity contribution >= 4 is 11.6 Å². The number of benzene rings is 1. The number of rotatable bonds is 2. The lowest BCUT2D eigenvalue weighted by Crippen LogP contribution is -2.36. The van der Waals surface area contributed by atoms with Crippen LogP contribution < -0.4 is 5.43 Å². The van der Waals surface area contributed by atoms with Crippen LogP contribution in [0.25, 0.3) is 0 Å². The van der Waals surface area contributed by atoms with Crippen LogP contribution in [0.1, 0.15) is 49.4 Å². The molecule has 0 unspecified atom stereocenters. The van der Waals surface area contributed by atoms with E-state index in [9.17, 15) is 9.90 Å². The second-order valence-corrected chi connectivity index (χ2v) is 7.56. The third kappa shape index (κ3) is 2.54. The second-order valence-electron chi connectivity index (χ2n) is 7.56. The standard InChI is InChI=1S/C19H24N2O2/c1-11-8-15-12-6-7-13(9-12)16(15)10-17(11)20-21-19(23)14-4-2-3-5-18(14)22/h2-5,11-13,15-16,22H,6-10H2,1H3,(H,21,23)/b20-17+/t11-,12-,13-,15-,16+/m1/s1. The number of phenols is 1. The largest absolute Gasteiger partial charge is 0.507 e. The Labute approximate surface area is 137 Å². The molecule has 4 rings (SSSR count). The number of carbonyl (C=O) groups is 1. The van der Waals surface area contributed by atoms with Gasteiger partial charge in [-0.2, -0.15) is 5.10 Å². The van der Waals surface area contributed by atoms with E-state index in [1.807, 2.05) is 0 Å². The van der Waals surface area contributed by atoms with Crippen molar-refractivity contribution in [3.63, 3.8) is 0 Å².